The molecule has 1 saturated carbocycles. The van der Waals surface area contributed by atoms with Gasteiger partial charge in [0, 0.05) is 29.3 Å². The molecule has 1 aromatic carbocycles. The highest BCUT2D eigenvalue weighted by Crippen LogP contribution is 2.39. The van der Waals surface area contributed by atoms with Gasteiger partial charge in [-0.15, -0.1) is 0 Å². The number of hydrogen-bond donors (Lipinski definition) is 4. The number of aliphatic hydroxyl groups excluding tert-OH is 1. The molecule has 1 atom stereocenters. The fourth-order valence-electron chi connectivity index (χ4n) is 2.27. The molecule has 1 aromatic heterocycles. The number of anilines is 3. The van der Waals surface area contributed by atoms with Gasteiger partial charge >= 0.3 is 0 Å². The van der Waals surface area contributed by atoms with E-state index in [0.717, 1.165) is 18.5 Å². The molecule has 3 rings (SSSR count). The third kappa shape index (κ3) is 3.99. The molecule has 24 heavy (non-hydrogen) atoms. The molecule has 0 unspecified atom stereocenters. The van der Waals surface area contributed by atoms with Crippen LogP contribution < -0.4 is 16.4 Å². The summed E-state index contributed by atoms with van der Waals surface area (Å²) in [6, 6.07) is 8.34. The fraction of sp³-hybridized carbons (Fsp3) is 0.353. The lowest BCUT2D eigenvalue weighted by Gasteiger charge is -2.13. The van der Waals surface area contributed by atoms with Gasteiger partial charge in [-0.05, 0) is 44.0 Å². The van der Waals surface area contributed by atoms with Crippen LogP contribution in [0.1, 0.15) is 41.7 Å². The normalized spacial score (nSPS) is 14.9. The van der Waals surface area contributed by atoms with Crippen LogP contribution in [0.2, 0.25) is 0 Å². The number of aromatic nitrogens is 2. The second-order valence-electron chi connectivity index (χ2n) is 6.08. The van der Waals surface area contributed by atoms with E-state index in [0.29, 0.717) is 28.9 Å². The molecule has 1 amide bonds. The van der Waals surface area contributed by atoms with E-state index in [2.05, 4.69) is 20.6 Å². The van der Waals surface area contributed by atoms with E-state index in [1.165, 1.54) is 0 Å². The molecule has 1 heterocycles. The molecule has 1 aliphatic rings. The molecular weight excluding hydrogens is 306 g/mol. The van der Waals surface area contributed by atoms with Crippen molar-refractivity contribution < 1.29 is 9.90 Å². The van der Waals surface area contributed by atoms with Crippen LogP contribution in [0.3, 0.4) is 0 Å². The van der Waals surface area contributed by atoms with Gasteiger partial charge in [0.2, 0.25) is 5.95 Å². The number of carbonyl (C=O) groups is 1. The Bertz CT molecular complexity index is 728. The average molecular weight is 327 g/mol. The number of carbonyl (C=O) groups excluding carboxylic acids is 1. The Balaban J connectivity index is 1.80. The zero-order chi connectivity index (χ0) is 17.1. The van der Waals surface area contributed by atoms with Crippen molar-refractivity contribution in [2.75, 3.05) is 23.0 Å². The van der Waals surface area contributed by atoms with Crippen molar-refractivity contribution in [2.45, 2.75) is 31.7 Å². The number of rotatable bonds is 6. The molecule has 0 radical (unpaired) electrons. The van der Waals surface area contributed by atoms with Gasteiger partial charge in [-0.25, -0.2) is 4.98 Å². The van der Waals surface area contributed by atoms with Gasteiger partial charge in [0.1, 0.15) is 5.82 Å². The average Bonchev–Trinajstić information content (AvgIpc) is 3.40. The lowest BCUT2D eigenvalue weighted by Crippen LogP contribution is -2.22. The maximum atomic E-state index is 12.3. The van der Waals surface area contributed by atoms with E-state index in [9.17, 15) is 9.90 Å². The number of benzene rings is 1. The second kappa shape index (κ2) is 6.84. The number of hydrogen-bond acceptors (Lipinski definition) is 6. The number of nitrogens with one attached hydrogen (secondary N) is 2. The van der Waals surface area contributed by atoms with Gasteiger partial charge in [0.25, 0.3) is 5.91 Å². The summed E-state index contributed by atoms with van der Waals surface area (Å²) in [5, 5.41) is 15.0. The number of nitrogen functional groups attached to an aromatic ring is 1. The highest BCUT2D eigenvalue weighted by atomic mass is 16.3. The Hall–Kier alpha value is -2.67. The molecule has 5 N–H and O–H groups in total. The van der Waals surface area contributed by atoms with E-state index in [-0.39, 0.29) is 18.6 Å². The summed E-state index contributed by atoms with van der Waals surface area (Å²) in [6.07, 6.45) is 2.19. The van der Waals surface area contributed by atoms with Crippen LogP contribution >= 0.6 is 0 Å². The van der Waals surface area contributed by atoms with Crippen LogP contribution in [-0.4, -0.2) is 33.6 Å². The molecule has 1 fully saturated rings. The molecule has 0 bridgehead atoms. The zero-order valence-corrected chi connectivity index (χ0v) is 13.5. The van der Waals surface area contributed by atoms with Crippen LogP contribution in [0.4, 0.5) is 17.5 Å². The Morgan fingerprint density at radius 1 is 1.33 bits per heavy atom. The molecular formula is C17H21N5O2. The summed E-state index contributed by atoms with van der Waals surface area (Å²) in [7, 11) is 0. The van der Waals surface area contributed by atoms with Crippen LogP contribution in [0, 0.1) is 0 Å². The molecule has 7 heteroatoms. The Labute approximate surface area is 140 Å². The Kier molecular flexibility index (Phi) is 4.61. The third-order valence-corrected chi connectivity index (χ3v) is 3.81. The minimum Gasteiger partial charge on any atom is -0.399 e. The molecule has 1 aliphatic carbocycles. The Morgan fingerprint density at radius 2 is 2.04 bits per heavy atom. The number of nitrogens with two attached hydrogens (primary N) is 1. The standard InChI is InChI=1S/C17H21N5O2/c1-10(9-23)19-17-20-14(11-2-3-11)8-15(22-17)21-16(24)12-4-6-13(18)7-5-12/h4-8,10-11,23H,2-3,9,18H2,1H3,(H2,19,20,21,22,24)/t10-/m1/s1. The monoisotopic (exact) mass is 327 g/mol. The van der Waals surface area contributed by atoms with Crippen molar-refractivity contribution in [3.05, 3.63) is 41.6 Å². The third-order valence-electron chi connectivity index (χ3n) is 3.81. The van der Waals surface area contributed by atoms with Crippen LogP contribution in [0.5, 0.6) is 0 Å². The number of aliphatic hydroxyl groups is 1. The van der Waals surface area contributed by atoms with Gasteiger partial charge in [-0.3, -0.25) is 4.79 Å². The maximum absolute atomic E-state index is 12.3. The van der Waals surface area contributed by atoms with Crippen molar-refractivity contribution in [3.8, 4) is 0 Å². The largest absolute Gasteiger partial charge is 0.399 e. The van der Waals surface area contributed by atoms with E-state index >= 15 is 0 Å². The molecule has 7 nitrogen and oxygen atoms in total. The maximum Gasteiger partial charge on any atom is 0.256 e. The second-order valence-corrected chi connectivity index (χ2v) is 6.08. The SMILES string of the molecule is C[C@H](CO)Nc1nc(NC(=O)c2ccc(N)cc2)cc(C2CC2)n1. The lowest BCUT2D eigenvalue weighted by molar-refractivity contribution is 0.102. The van der Waals surface area contributed by atoms with E-state index in [1.54, 1.807) is 24.3 Å². The van der Waals surface area contributed by atoms with E-state index in [1.807, 2.05) is 13.0 Å². The minimum atomic E-state index is -0.253. The first kappa shape index (κ1) is 16.2. The van der Waals surface area contributed by atoms with Crippen molar-refractivity contribution in [1.29, 1.82) is 0 Å². The van der Waals surface area contributed by atoms with E-state index < -0.39 is 0 Å². The lowest BCUT2D eigenvalue weighted by atomic mass is 10.2. The first-order valence-corrected chi connectivity index (χ1v) is 7.98. The predicted molar refractivity (Wildman–Crippen MR) is 93.0 cm³/mol. The van der Waals surface area contributed by atoms with Crippen molar-refractivity contribution in [2.24, 2.45) is 0 Å². The molecule has 2 aromatic rings. The molecule has 126 valence electrons. The van der Waals surface area contributed by atoms with Crippen LogP contribution in [0.25, 0.3) is 0 Å². The highest BCUT2D eigenvalue weighted by molar-refractivity contribution is 6.04. The summed E-state index contributed by atoms with van der Waals surface area (Å²) >= 11 is 0. The van der Waals surface area contributed by atoms with Crippen molar-refractivity contribution >= 4 is 23.4 Å². The first-order chi connectivity index (χ1) is 11.5. The van der Waals surface area contributed by atoms with Crippen LogP contribution in [0.15, 0.2) is 30.3 Å². The Morgan fingerprint density at radius 3 is 2.67 bits per heavy atom. The van der Waals surface area contributed by atoms with E-state index in [4.69, 9.17) is 5.73 Å². The number of nitrogens with zero attached hydrogens (tertiary/aromatic N) is 2. The van der Waals surface area contributed by atoms with Gasteiger partial charge in [0.05, 0.1) is 12.3 Å². The topological polar surface area (TPSA) is 113 Å². The highest BCUT2D eigenvalue weighted by Gasteiger charge is 2.26. The van der Waals surface area contributed by atoms with Crippen molar-refractivity contribution in [3.63, 3.8) is 0 Å². The molecule has 0 spiro atoms. The number of amides is 1. The summed E-state index contributed by atoms with van der Waals surface area (Å²) in [5.74, 6) is 1.02. The fourth-order valence-corrected chi connectivity index (χ4v) is 2.27. The van der Waals surface area contributed by atoms with Crippen LogP contribution in [-0.2, 0) is 0 Å². The molecule has 0 saturated heterocycles. The predicted octanol–water partition coefficient (Wildman–Crippen LogP) is 1.98. The smallest absolute Gasteiger partial charge is 0.256 e. The zero-order valence-electron chi connectivity index (χ0n) is 13.5. The minimum absolute atomic E-state index is 0.0237. The van der Waals surface area contributed by atoms with Gasteiger partial charge in [-0.2, -0.15) is 4.98 Å². The van der Waals surface area contributed by atoms with Gasteiger partial charge in [0.15, 0.2) is 0 Å². The summed E-state index contributed by atoms with van der Waals surface area (Å²) in [5.41, 5.74) is 7.66. The summed E-state index contributed by atoms with van der Waals surface area (Å²) in [4.78, 5) is 21.1. The van der Waals surface area contributed by atoms with Gasteiger partial charge in [-0.1, -0.05) is 0 Å². The van der Waals surface area contributed by atoms with Gasteiger partial charge < -0.3 is 21.5 Å². The summed E-state index contributed by atoms with van der Waals surface area (Å²) < 4.78 is 0. The quantitative estimate of drug-likeness (QED) is 0.603. The van der Waals surface area contributed by atoms with Crippen molar-refractivity contribution in [1.82, 2.24) is 9.97 Å². The molecule has 0 aliphatic heterocycles. The first-order valence-electron chi connectivity index (χ1n) is 7.98. The summed E-state index contributed by atoms with van der Waals surface area (Å²) in [6.45, 7) is 1.81.